The fourth-order valence-electron chi connectivity index (χ4n) is 5.20. The molecule has 0 N–H and O–H groups in total. The van der Waals surface area contributed by atoms with E-state index in [0.29, 0.717) is 0 Å². The second-order valence-electron chi connectivity index (χ2n) is 8.30. The Hall–Kier alpha value is -1.26. The Bertz CT molecular complexity index is 547. The Morgan fingerprint density at radius 1 is 0.731 bits per heavy atom. The summed E-state index contributed by atoms with van der Waals surface area (Å²) in [5.41, 5.74) is 1.33. The Morgan fingerprint density at radius 2 is 1.42 bits per heavy atom. The molecule has 3 fully saturated rings. The summed E-state index contributed by atoms with van der Waals surface area (Å²) in [5.74, 6) is 0.942. The van der Waals surface area contributed by atoms with Crippen molar-refractivity contribution in [3.63, 3.8) is 0 Å². The van der Waals surface area contributed by atoms with Crippen molar-refractivity contribution in [2.75, 3.05) is 51.3 Å². The number of hydrogen-bond donors (Lipinski definition) is 0. The van der Waals surface area contributed by atoms with Gasteiger partial charge in [-0.05, 0) is 56.5 Å². The number of rotatable bonds is 4. The highest BCUT2D eigenvalue weighted by Crippen LogP contribution is 2.28. The number of benzene rings is 1. The van der Waals surface area contributed by atoms with Crippen molar-refractivity contribution in [1.82, 2.24) is 9.80 Å². The van der Waals surface area contributed by atoms with Crippen molar-refractivity contribution in [3.05, 3.63) is 24.3 Å². The van der Waals surface area contributed by atoms with Crippen molar-refractivity contribution < 1.29 is 4.74 Å². The van der Waals surface area contributed by atoms with Crippen LogP contribution in [0.25, 0.3) is 0 Å². The molecule has 2 saturated heterocycles. The van der Waals surface area contributed by atoms with Crippen LogP contribution in [0, 0.1) is 0 Å². The molecule has 4 nitrogen and oxygen atoms in total. The highest BCUT2D eigenvalue weighted by atomic mass is 16.5. The van der Waals surface area contributed by atoms with Gasteiger partial charge in [-0.25, -0.2) is 0 Å². The summed E-state index contributed by atoms with van der Waals surface area (Å²) < 4.78 is 5.28. The van der Waals surface area contributed by atoms with Crippen molar-refractivity contribution in [2.45, 2.75) is 57.0 Å². The van der Waals surface area contributed by atoms with Crippen LogP contribution in [0.2, 0.25) is 0 Å². The molecule has 0 aromatic heterocycles. The van der Waals surface area contributed by atoms with E-state index in [0.717, 1.165) is 30.9 Å². The molecule has 0 unspecified atom stereocenters. The summed E-state index contributed by atoms with van der Waals surface area (Å²) in [5, 5.41) is 0. The third-order valence-corrected chi connectivity index (χ3v) is 6.79. The Kier molecular flexibility index (Phi) is 6.01. The van der Waals surface area contributed by atoms with E-state index in [9.17, 15) is 0 Å². The molecule has 0 spiro atoms. The summed E-state index contributed by atoms with van der Waals surface area (Å²) in [6.45, 7) is 7.35. The number of nitrogens with zero attached hydrogens (tertiary/aromatic N) is 3. The first-order chi connectivity index (χ1) is 12.8. The van der Waals surface area contributed by atoms with Crippen molar-refractivity contribution in [3.8, 4) is 5.75 Å². The molecular weight excluding hydrogens is 322 g/mol. The van der Waals surface area contributed by atoms with E-state index in [1.807, 2.05) is 0 Å². The van der Waals surface area contributed by atoms with Gasteiger partial charge in [-0.2, -0.15) is 0 Å². The van der Waals surface area contributed by atoms with E-state index in [1.165, 1.54) is 76.8 Å². The van der Waals surface area contributed by atoms with Crippen molar-refractivity contribution >= 4 is 5.69 Å². The maximum Gasteiger partial charge on any atom is 0.119 e. The summed E-state index contributed by atoms with van der Waals surface area (Å²) in [4.78, 5) is 8.13. The van der Waals surface area contributed by atoms with E-state index in [-0.39, 0.29) is 0 Å². The fraction of sp³-hybridized carbons (Fsp3) is 0.727. The normalized spacial score (nSPS) is 26.8. The zero-order valence-corrected chi connectivity index (χ0v) is 16.4. The Balaban J connectivity index is 1.29. The summed E-state index contributed by atoms with van der Waals surface area (Å²) in [7, 11) is 1.73. The largest absolute Gasteiger partial charge is 0.497 e. The van der Waals surface area contributed by atoms with Crippen LogP contribution in [0.4, 0.5) is 5.69 Å². The number of hydrogen-bond acceptors (Lipinski definition) is 4. The lowest BCUT2D eigenvalue weighted by Gasteiger charge is -2.46. The number of piperidine rings is 1. The van der Waals surface area contributed by atoms with Gasteiger partial charge < -0.3 is 9.64 Å². The van der Waals surface area contributed by atoms with Gasteiger partial charge in [0.1, 0.15) is 5.75 Å². The highest BCUT2D eigenvalue weighted by Gasteiger charge is 2.31. The minimum Gasteiger partial charge on any atom is -0.497 e. The third-order valence-electron chi connectivity index (χ3n) is 6.79. The van der Waals surface area contributed by atoms with Crippen LogP contribution >= 0.6 is 0 Å². The van der Waals surface area contributed by atoms with E-state index in [1.54, 1.807) is 7.11 Å². The first-order valence-corrected chi connectivity index (χ1v) is 10.7. The lowest BCUT2D eigenvalue weighted by Crippen LogP contribution is -2.56. The Morgan fingerprint density at radius 3 is 2.12 bits per heavy atom. The number of piperazine rings is 1. The van der Waals surface area contributed by atoms with Crippen LogP contribution < -0.4 is 9.64 Å². The summed E-state index contributed by atoms with van der Waals surface area (Å²) in [6, 6.07) is 10.2. The molecule has 26 heavy (non-hydrogen) atoms. The molecule has 144 valence electrons. The zero-order chi connectivity index (χ0) is 17.8. The summed E-state index contributed by atoms with van der Waals surface area (Å²) in [6.07, 6.45) is 10.0. The molecule has 0 radical (unpaired) electrons. The number of anilines is 1. The SMILES string of the molecule is COc1ccc(N2CCN([C@@H]3CCCN(C4CCCCC4)C3)CC2)cc1. The Labute approximate surface area is 159 Å². The topological polar surface area (TPSA) is 19.0 Å². The monoisotopic (exact) mass is 357 g/mol. The van der Waals surface area contributed by atoms with Crippen molar-refractivity contribution in [1.29, 1.82) is 0 Å². The average molecular weight is 358 g/mol. The molecule has 1 aromatic carbocycles. The van der Waals surface area contributed by atoms with Crippen LogP contribution in [0.15, 0.2) is 24.3 Å². The van der Waals surface area contributed by atoms with Gasteiger partial charge in [0.25, 0.3) is 0 Å². The molecule has 1 aliphatic carbocycles. The van der Waals surface area contributed by atoms with E-state index in [2.05, 4.69) is 39.0 Å². The van der Waals surface area contributed by atoms with Gasteiger partial charge >= 0.3 is 0 Å². The third kappa shape index (κ3) is 4.17. The number of likely N-dealkylation sites (tertiary alicyclic amines) is 1. The molecule has 4 heteroatoms. The molecule has 1 saturated carbocycles. The lowest BCUT2D eigenvalue weighted by atomic mass is 9.91. The number of methoxy groups -OCH3 is 1. The number of ether oxygens (including phenoxy) is 1. The molecule has 0 bridgehead atoms. The van der Waals surface area contributed by atoms with E-state index >= 15 is 0 Å². The molecule has 2 heterocycles. The predicted molar refractivity (Wildman–Crippen MR) is 108 cm³/mol. The first-order valence-electron chi connectivity index (χ1n) is 10.7. The van der Waals surface area contributed by atoms with Crippen LogP contribution in [-0.2, 0) is 0 Å². The molecule has 1 atom stereocenters. The van der Waals surface area contributed by atoms with Gasteiger partial charge in [0.05, 0.1) is 7.11 Å². The van der Waals surface area contributed by atoms with Gasteiger partial charge in [0.15, 0.2) is 0 Å². The van der Waals surface area contributed by atoms with Crippen LogP contribution in [0.1, 0.15) is 44.9 Å². The molecule has 0 amide bonds. The molecular formula is C22H35N3O. The minimum atomic E-state index is 0.781. The van der Waals surface area contributed by atoms with Gasteiger partial charge in [-0.3, -0.25) is 9.80 Å². The predicted octanol–water partition coefficient (Wildman–Crippen LogP) is 3.61. The molecule has 1 aromatic rings. The molecule has 2 aliphatic heterocycles. The zero-order valence-electron chi connectivity index (χ0n) is 16.4. The smallest absolute Gasteiger partial charge is 0.119 e. The minimum absolute atomic E-state index is 0.781. The standard InChI is InChI=1S/C22H35N3O/c1-26-22-11-9-20(10-12-22)23-14-16-24(17-15-23)21-8-5-13-25(18-21)19-6-3-2-4-7-19/h9-12,19,21H,2-8,13-18H2,1H3/t21-/m1/s1. The molecule has 3 aliphatic rings. The lowest BCUT2D eigenvalue weighted by molar-refractivity contribution is 0.0553. The van der Waals surface area contributed by atoms with Gasteiger partial charge in [0.2, 0.25) is 0 Å². The first kappa shape index (κ1) is 18.1. The summed E-state index contributed by atoms with van der Waals surface area (Å²) >= 11 is 0. The molecule has 4 rings (SSSR count). The van der Waals surface area contributed by atoms with Crippen LogP contribution in [-0.4, -0.2) is 68.3 Å². The van der Waals surface area contributed by atoms with Gasteiger partial charge in [-0.1, -0.05) is 19.3 Å². The average Bonchev–Trinajstić information content (AvgIpc) is 2.75. The second-order valence-corrected chi connectivity index (χ2v) is 8.30. The van der Waals surface area contributed by atoms with Crippen LogP contribution in [0.3, 0.4) is 0 Å². The second kappa shape index (κ2) is 8.62. The maximum atomic E-state index is 5.28. The van der Waals surface area contributed by atoms with E-state index in [4.69, 9.17) is 4.74 Å². The van der Waals surface area contributed by atoms with Crippen LogP contribution in [0.5, 0.6) is 5.75 Å². The fourth-order valence-corrected chi connectivity index (χ4v) is 5.20. The quantitative estimate of drug-likeness (QED) is 0.819. The van der Waals surface area contributed by atoms with Crippen molar-refractivity contribution in [2.24, 2.45) is 0 Å². The maximum absolute atomic E-state index is 5.28. The van der Waals surface area contributed by atoms with Gasteiger partial charge in [0, 0.05) is 50.5 Å². The highest BCUT2D eigenvalue weighted by molar-refractivity contribution is 5.49. The van der Waals surface area contributed by atoms with Gasteiger partial charge in [-0.15, -0.1) is 0 Å². The van der Waals surface area contributed by atoms with E-state index < -0.39 is 0 Å².